The molecule has 7 nitrogen and oxygen atoms in total. The van der Waals surface area contributed by atoms with Gasteiger partial charge in [0.25, 0.3) is 0 Å². The smallest absolute Gasteiger partial charge is 0.323 e. The largest absolute Gasteiger partial charge is 0.351 e. The summed E-state index contributed by atoms with van der Waals surface area (Å²) in [4.78, 5) is 15.6. The summed E-state index contributed by atoms with van der Waals surface area (Å²) >= 11 is 1.68. The standard InChI is InChI=1S/C25H32N4O3S2/c26-25(30)29-18-22(21-17-20(6-7-23(21)29)24-5-3-15-33-24)19-8-13-28(14-9-19)34(31,32)16-4-12-27-10-1-2-11-27/h3,5-7,15,17-19H,1-2,4,8-14,16H2,(H2,26,30). The van der Waals surface area contributed by atoms with Crippen LogP contribution in [-0.4, -0.2) is 66.7 Å². The summed E-state index contributed by atoms with van der Waals surface area (Å²) in [5.74, 6) is 0.414. The normalized spacial score (nSPS) is 18.7. The molecule has 2 aliphatic heterocycles. The maximum Gasteiger partial charge on any atom is 0.323 e. The zero-order valence-electron chi connectivity index (χ0n) is 19.4. The van der Waals surface area contributed by atoms with Gasteiger partial charge in [0.05, 0.1) is 11.3 Å². The van der Waals surface area contributed by atoms with Crippen LogP contribution < -0.4 is 5.73 Å². The Kier molecular flexibility index (Phi) is 6.79. The Hall–Kier alpha value is -2.20. The van der Waals surface area contributed by atoms with Gasteiger partial charge in [-0.25, -0.2) is 17.5 Å². The van der Waals surface area contributed by atoms with Crippen LogP contribution in [0.5, 0.6) is 0 Å². The number of nitrogens with zero attached hydrogens (tertiary/aromatic N) is 3. The maximum atomic E-state index is 12.9. The molecule has 0 unspecified atom stereocenters. The van der Waals surface area contributed by atoms with Crippen LogP contribution in [0.4, 0.5) is 4.79 Å². The Morgan fingerprint density at radius 2 is 1.85 bits per heavy atom. The zero-order chi connectivity index (χ0) is 23.7. The number of sulfonamides is 1. The number of benzene rings is 1. The number of carbonyl (C=O) groups excluding carboxylic acids is 1. The van der Waals surface area contributed by atoms with Gasteiger partial charge in [0.2, 0.25) is 10.0 Å². The molecule has 2 fully saturated rings. The number of fused-ring (bicyclic) bond motifs is 1. The summed E-state index contributed by atoms with van der Waals surface area (Å²) in [6.07, 6.45) is 6.48. The number of nitrogens with two attached hydrogens (primary N) is 1. The molecule has 0 radical (unpaired) electrons. The average Bonchev–Trinajstić information content (AvgIpc) is 3.59. The van der Waals surface area contributed by atoms with Gasteiger partial charge in [-0.2, -0.15) is 0 Å². The molecule has 34 heavy (non-hydrogen) atoms. The number of piperidine rings is 1. The van der Waals surface area contributed by atoms with E-state index in [2.05, 4.69) is 22.4 Å². The van der Waals surface area contributed by atoms with E-state index >= 15 is 0 Å². The van der Waals surface area contributed by atoms with Crippen LogP contribution in [0.3, 0.4) is 0 Å². The van der Waals surface area contributed by atoms with Crippen LogP contribution >= 0.6 is 11.3 Å². The molecule has 182 valence electrons. The Labute approximate surface area is 205 Å². The third-order valence-corrected chi connectivity index (χ3v) is 10.1. The Morgan fingerprint density at radius 3 is 2.53 bits per heavy atom. The number of likely N-dealkylation sites (tertiary alicyclic amines) is 1. The first-order valence-corrected chi connectivity index (χ1v) is 14.6. The number of carbonyl (C=O) groups is 1. The quantitative estimate of drug-likeness (QED) is 0.524. The number of primary amides is 1. The second-order valence-corrected chi connectivity index (χ2v) is 12.4. The molecule has 9 heteroatoms. The van der Waals surface area contributed by atoms with E-state index in [-0.39, 0.29) is 11.7 Å². The van der Waals surface area contributed by atoms with Crippen molar-refractivity contribution in [3.8, 4) is 10.4 Å². The first-order chi connectivity index (χ1) is 16.4. The first kappa shape index (κ1) is 23.5. The van der Waals surface area contributed by atoms with Crippen LogP contribution in [-0.2, 0) is 10.0 Å². The lowest BCUT2D eigenvalue weighted by molar-refractivity contribution is 0.251. The molecule has 0 spiro atoms. The van der Waals surface area contributed by atoms with Gasteiger partial charge in [-0.15, -0.1) is 11.3 Å². The fraction of sp³-hybridized carbons (Fsp3) is 0.480. The van der Waals surface area contributed by atoms with Crippen molar-refractivity contribution in [2.24, 2.45) is 5.73 Å². The van der Waals surface area contributed by atoms with E-state index in [9.17, 15) is 13.2 Å². The molecule has 0 atom stereocenters. The molecule has 4 heterocycles. The highest BCUT2D eigenvalue weighted by atomic mass is 32.2. The number of hydrogen-bond donors (Lipinski definition) is 1. The fourth-order valence-corrected chi connectivity index (χ4v) is 7.65. The molecule has 1 amide bonds. The van der Waals surface area contributed by atoms with Crippen LogP contribution in [0.15, 0.2) is 41.9 Å². The van der Waals surface area contributed by atoms with E-state index in [1.165, 1.54) is 22.3 Å². The topological polar surface area (TPSA) is 88.6 Å². The van der Waals surface area contributed by atoms with E-state index in [4.69, 9.17) is 5.73 Å². The molecule has 5 rings (SSSR count). The molecule has 2 aromatic heterocycles. The van der Waals surface area contributed by atoms with E-state index in [1.807, 2.05) is 24.4 Å². The van der Waals surface area contributed by atoms with Crippen LogP contribution in [0.2, 0.25) is 0 Å². The van der Waals surface area contributed by atoms with Crippen molar-refractivity contribution in [1.29, 1.82) is 0 Å². The lowest BCUT2D eigenvalue weighted by Crippen LogP contribution is -2.39. The van der Waals surface area contributed by atoms with Crippen molar-refractivity contribution in [1.82, 2.24) is 13.8 Å². The third kappa shape index (κ3) is 4.79. The average molecular weight is 501 g/mol. The number of aromatic nitrogens is 1. The Balaban J connectivity index is 1.31. The van der Waals surface area contributed by atoms with E-state index in [1.54, 1.807) is 15.6 Å². The highest BCUT2D eigenvalue weighted by Gasteiger charge is 2.30. The molecule has 0 bridgehead atoms. The van der Waals surface area contributed by atoms with Crippen molar-refractivity contribution in [3.63, 3.8) is 0 Å². The lowest BCUT2D eigenvalue weighted by atomic mass is 9.89. The van der Waals surface area contributed by atoms with Gasteiger partial charge in [0.15, 0.2) is 0 Å². The van der Waals surface area contributed by atoms with E-state index < -0.39 is 16.1 Å². The summed E-state index contributed by atoms with van der Waals surface area (Å²) < 4.78 is 29.0. The monoisotopic (exact) mass is 500 g/mol. The van der Waals surface area contributed by atoms with Gasteiger partial charge < -0.3 is 10.6 Å². The lowest BCUT2D eigenvalue weighted by Gasteiger charge is -2.31. The van der Waals surface area contributed by atoms with Gasteiger partial charge in [-0.1, -0.05) is 12.1 Å². The van der Waals surface area contributed by atoms with E-state index in [0.717, 1.165) is 54.5 Å². The number of amides is 1. The molecule has 3 aromatic rings. The maximum absolute atomic E-state index is 12.9. The summed E-state index contributed by atoms with van der Waals surface area (Å²) in [7, 11) is -3.24. The zero-order valence-corrected chi connectivity index (χ0v) is 21.0. The van der Waals surface area contributed by atoms with Crippen LogP contribution in [0.1, 0.15) is 43.6 Å². The molecule has 2 N–H and O–H groups in total. The molecular formula is C25H32N4O3S2. The minimum atomic E-state index is -3.24. The van der Waals surface area contributed by atoms with Crippen LogP contribution in [0, 0.1) is 0 Å². The summed E-state index contributed by atoms with van der Waals surface area (Å²) in [6.45, 7) is 4.10. The number of hydrogen-bond acceptors (Lipinski definition) is 5. The SMILES string of the molecule is NC(=O)n1cc(C2CCN(S(=O)(=O)CCCN3CCCC3)CC2)c2cc(-c3cccs3)ccc21. The molecular weight excluding hydrogens is 468 g/mol. The summed E-state index contributed by atoms with van der Waals surface area (Å²) in [5.41, 5.74) is 8.66. The highest BCUT2D eigenvalue weighted by Crippen LogP contribution is 2.37. The Morgan fingerprint density at radius 1 is 1.09 bits per heavy atom. The number of thiophene rings is 1. The second kappa shape index (κ2) is 9.81. The van der Waals surface area contributed by atoms with Crippen molar-refractivity contribution in [2.75, 3.05) is 38.5 Å². The summed E-state index contributed by atoms with van der Waals surface area (Å²) in [6, 6.07) is 9.73. The first-order valence-electron chi connectivity index (χ1n) is 12.1. The molecule has 0 saturated carbocycles. The predicted molar refractivity (Wildman–Crippen MR) is 138 cm³/mol. The molecule has 2 aliphatic rings. The second-order valence-electron chi connectivity index (χ2n) is 9.39. The summed E-state index contributed by atoms with van der Waals surface area (Å²) in [5, 5.41) is 3.08. The highest BCUT2D eigenvalue weighted by molar-refractivity contribution is 7.89. The van der Waals surface area contributed by atoms with Crippen molar-refractivity contribution in [2.45, 2.75) is 38.0 Å². The van der Waals surface area contributed by atoms with Gasteiger partial charge in [-0.3, -0.25) is 4.57 Å². The third-order valence-electron chi connectivity index (χ3n) is 7.24. The van der Waals surface area contributed by atoms with Gasteiger partial charge in [0.1, 0.15) is 0 Å². The fourth-order valence-electron chi connectivity index (χ4n) is 5.41. The Bertz CT molecular complexity index is 1250. The molecule has 0 aliphatic carbocycles. The molecule has 2 saturated heterocycles. The van der Waals surface area contributed by atoms with Crippen molar-refractivity contribution < 1.29 is 13.2 Å². The van der Waals surface area contributed by atoms with Gasteiger partial charge >= 0.3 is 6.03 Å². The van der Waals surface area contributed by atoms with E-state index in [0.29, 0.717) is 19.5 Å². The number of rotatable bonds is 7. The molecule has 1 aromatic carbocycles. The van der Waals surface area contributed by atoms with Crippen LogP contribution in [0.25, 0.3) is 21.3 Å². The minimum Gasteiger partial charge on any atom is -0.351 e. The van der Waals surface area contributed by atoms with Gasteiger partial charge in [-0.05, 0) is 92.4 Å². The minimum absolute atomic E-state index is 0.192. The predicted octanol–water partition coefficient (Wildman–Crippen LogP) is 4.29. The van der Waals surface area contributed by atoms with Crippen molar-refractivity contribution in [3.05, 3.63) is 47.5 Å². The van der Waals surface area contributed by atoms with Gasteiger partial charge in [0, 0.05) is 29.5 Å². The van der Waals surface area contributed by atoms with Crippen molar-refractivity contribution >= 4 is 38.3 Å².